The topological polar surface area (TPSA) is 49.4 Å². The number of nitrogens with one attached hydrogen (secondary N) is 1. The third-order valence-electron chi connectivity index (χ3n) is 3.20. The van der Waals surface area contributed by atoms with Crippen LogP contribution in [-0.4, -0.2) is 30.3 Å². The van der Waals surface area contributed by atoms with E-state index in [-0.39, 0.29) is 18.4 Å². The van der Waals surface area contributed by atoms with Gasteiger partial charge in [0.05, 0.1) is 22.3 Å². The molecule has 0 aromatic heterocycles. The van der Waals surface area contributed by atoms with Crippen LogP contribution in [0.15, 0.2) is 54.6 Å². The van der Waals surface area contributed by atoms with Crippen molar-refractivity contribution >= 4 is 46.8 Å². The molecule has 0 radical (unpaired) electrons. The Labute approximate surface area is 150 Å². The van der Waals surface area contributed by atoms with Crippen molar-refractivity contribution in [1.29, 1.82) is 0 Å². The monoisotopic (exact) mass is 362 g/mol. The summed E-state index contributed by atoms with van der Waals surface area (Å²) >= 11 is 12.0. The van der Waals surface area contributed by atoms with E-state index >= 15 is 0 Å². The standard InChI is InChI=1S/C18H16Cl2N2O2/c1-22(17(24)11-10-13-6-3-2-4-7-13)12-16(23)21-18-14(19)8-5-9-15(18)20/h2-11H,12H2,1H3,(H,21,23)/b11-10+. The van der Waals surface area contributed by atoms with Crippen molar-refractivity contribution in [2.75, 3.05) is 18.9 Å². The zero-order valence-electron chi connectivity index (χ0n) is 13.0. The van der Waals surface area contributed by atoms with Crippen LogP contribution < -0.4 is 5.32 Å². The number of benzene rings is 2. The second-order valence-electron chi connectivity index (χ2n) is 5.08. The summed E-state index contributed by atoms with van der Waals surface area (Å²) in [6.45, 7) is -0.112. The van der Waals surface area contributed by atoms with E-state index in [0.717, 1.165) is 5.56 Å². The summed E-state index contributed by atoms with van der Waals surface area (Å²) in [5.74, 6) is -0.659. The number of carbonyl (C=O) groups is 2. The summed E-state index contributed by atoms with van der Waals surface area (Å²) in [4.78, 5) is 25.4. The molecule has 2 rings (SSSR count). The zero-order valence-corrected chi connectivity index (χ0v) is 14.5. The highest BCUT2D eigenvalue weighted by atomic mass is 35.5. The molecule has 0 unspecified atom stereocenters. The van der Waals surface area contributed by atoms with Crippen LogP contribution in [0, 0.1) is 0 Å². The molecular weight excluding hydrogens is 347 g/mol. The first-order valence-electron chi connectivity index (χ1n) is 7.19. The van der Waals surface area contributed by atoms with Gasteiger partial charge < -0.3 is 10.2 Å². The number of halogens is 2. The third-order valence-corrected chi connectivity index (χ3v) is 3.83. The average molecular weight is 363 g/mol. The van der Waals surface area contributed by atoms with E-state index in [0.29, 0.717) is 15.7 Å². The summed E-state index contributed by atoms with van der Waals surface area (Å²) in [5.41, 5.74) is 1.25. The van der Waals surface area contributed by atoms with Gasteiger partial charge in [-0.1, -0.05) is 59.6 Å². The minimum absolute atomic E-state index is 0.112. The lowest BCUT2D eigenvalue weighted by Crippen LogP contribution is -2.34. The Balaban J connectivity index is 1.93. The summed E-state index contributed by atoms with van der Waals surface area (Å²) in [7, 11) is 1.55. The maximum Gasteiger partial charge on any atom is 0.246 e. The van der Waals surface area contributed by atoms with Gasteiger partial charge in [-0.3, -0.25) is 9.59 Å². The normalized spacial score (nSPS) is 10.6. The lowest BCUT2D eigenvalue weighted by Gasteiger charge is -2.15. The lowest BCUT2D eigenvalue weighted by atomic mass is 10.2. The number of para-hydroxylation sites is 1. The van der Waals surface area contributed by atoms with E-state index in [4.69, 9.17) is 23.2 Å². The number of rotatable bonds is 5. The van der Waals surface area contributed by atoms with Crippen molar-refractivity contribution in [2.45, 2.75) is 0 Å². The molecule has 2 aromatic rings. The first-order chi connectivity index (χ1) is 11.5. The Morgan fingerprint density at radius 2 is 1.67 bits per heavy atom. The van der Waals surface area contributed by atoms with E-state index in [1.54, 1.807) is 31.3 Å². The van der Waals surface area contributed by atoms with Crippen molar-refractivity contribution in [3.63, 3.8) is 0 Å². The molecule has 0 saturated heterocycles. The highest BCUT2D eigenvalue weighted by Gasteiger charge is 2.13. The van der Waals surface area contributed by atoms with Crippen LogP contribution >= 0.6 is 23.2 Å². The molecule has 1 N–H and O–H groups in total. The molecular formula is C18H16Cl2N2O2. The van der Waals surface area contributed by atoms with Crippen molar-refractivity contribution in [3.8, 4) is 0 Å². The summed E-state index contributed by atoms with van der Waals surface area (Å²) < 4.78 is 0. The van der Waals surface area contributed by atoms with Gasteiger partial charge in [-0.2, -0.15) is 0 Å². The van der Waals surface area contributed by atoms with Crippen LogP contribution in [0.4, 0.5) is 5.69 Å². The quantitative estimate of drug-likeness (QED) is 0.813. The molecule has 4 nitrogen and oxygen atoms in total. The minimum atomic E-state index is -0.381. The highest BCUT2D eigenvalue weighted by Crippen LogP contribution is 2.29. The van der Waals surface area contributed by atoms with E-state index in [9.17, 15) is 9.59 Å². The highest BCUT2D eigenvalue weighted by molar-refractivity contribution is 6.39. The molecule has 0 atom stereocenters. The maximum absolute atomic E-state index is 12.1. The van der Waals surface area contributed by atoms with Crippen LogP contribution in [0.3, 0.4) is 0 Å². The summed E-state index contributed by atoms with van der Waals surface area (Å²) in [5, 5.41) is 3.30. The fourth-order valence-corrected chi connectivity index (χ4v) is 2.44. The van der Waals surface area contributed by atoms with Crippen LogP contribution in [0.1, 0.15) is 5.56 Å². The van der Waals surface area contributed by atoms with E-state index < -0.39 is 0 Å². The van der Waals surface area contributed by atoms with Crippen LogP contribution in [0.5, 0.6) is 0 Å². The fraction of sp³-hybridized carbons (Fsp3) is 0.111. The molecule has 0 heterocycles. The molecule has 0 aliphatic heterocycles. The number of amides is 2. The molecule has 0 fully saturated rings. The smallest absolute Gasteiger partial charge is 0.246 e. The van der Waals surface area contributed by atoms with Gasteiger partial charge in [-0.05, 0) is 23.8 Å². The number of anilines is 1. The van der Waals surface area contributed by atoms with E-state index in [2.05, 4.69) is 5.32 Å². The molecule has 0 aliphatic carbocycles. The number of nitrogens with zero attached hydrogens (tertiary/aromatic N) is 1. The van der Waals surface area contributed by atoms with Gasteiger partial charge in [-0.25, -0.2) is 0 Å². The first-order valence-corrected chi connectivity index (χ1v) is 7.95. The molecule has 0 spiro atoms. The lowest BCUT2D eigenvalue weighted by molar-refractivity contribution is -0.129. The van der Waals surface area contributed by atoms with Crippen molar-refractivity contribution < 1.29 is 9.59 Å². The number of carbonyl (C=O) groups excluding carboxylic acids is 2. The molecule has 124 valence electrons. The van der Waals surface area contributed by atoms with Gasteiger partial charge in [0.25, 0.3) is 0 Å². The summed E-state index contributed by atoms with van der Waals surface area (Å²) in [6, 6.07) is 14.4. The van der Waals surface area contributed by atoms with Crippen LogP contribution in [0.25, 0.3) is 6.08 Å². The summed E-state index contributed by atoms with van der Waals surface area (Å²) in [6.07, 6.45) is 3.12. The molecule has 24 heavy (non-hydrogen) atoms. The van der Waals surface area contributed by atoms with Gasteiger partial charge >= 0.3 is 0 Å². The Hall–Kier alpha value is -2.30. The predicted molar refractivity (Wildman–Crippen MR) is 98.2 cm³/mol. The fourth-order valence-electron chi connectivity index (χ4n) is 1.95. The molecule has 2 aromatic carbocycles. The van der Waals surface area contributed by atoms with E-state index in [1.165, 1.54) is 11.0 Å². The molecule has 0 bridgehead atoms. The average Bonchev–Trinajstić information content (AvgIpc) is 2.57. The Morgan fingerprint density at radius 3 is 2.29 bits per heavy atom. The minimum Gasteiger partial charge on any atom is -0.333 e. The second kappa shape index (κ2) is 8.52. The van der Waals surface area contributed by atoms with Crippen molar-refractivity contribution in [1.82, 2.24) is 4.90 Å². The predicted octanol–water partition coefficient (Wildman–Crippen LogP) is 4.10. The molecule has 0 saturated carbocycles. The van der Waals surface area contributed by atoms with Gasteiger partial charge in [0.2, 0.25) is 11.8 Å². The molecule has 2 amide bonds. The molecule has 0 aliphatic rings. The number of hydrogen-bond donors (Lipinski definition) is 1. The largest absolute Gasteiger partial charge is 0.333 e. The maximum atomic E-state index is 12.1. The van der Waals surface area contributed by atoms with Gasteiger partial charge in [-0.15, -0.1) is 0 Å². The number of hydrogen-bond acceptors (Lipinski definition) is 2. The van der Waals surface area contributed by atoms with Gasteiger partial charge in [0.1, 0.15) is 0 Å². The first kappa shape index (κ1) is 18.0. The zero-order chi connectivity index (χ0) is 17.5. The Morgan fingerprint density at radius 1 is 1.04 bits per heavy atom. The third kappa shape index (κ3) is 5.11. The van der Waals surface area contributed by atoms with Gasteiger partial charge in [0, 0.05) is 13.1 Å². The van der Waals surface area contributed by atoms with E-state index in [1.807, 2.05) is 30.3 Å². The second-order valence-corrected chi connectivity index (χ2v) is 5.90. The van der Waals surface area contributed by atoms with Crippen molar-refractivity contribution in [3.05, 3.63) is 70.2 Å². The van der Waals surface area contributed by atoms with Gasteiger partial charge in [0.15, 0.2) is 0 Å². The number of likely N-dealkylation sites (N-methyl/N-ethyl adjacent to an activating group) is 1. The Kier molecular flexibility index (Phi) is 6.41. The van der Waals surface area contributed by atoms with Crippen LogP contribution in [-0.2, 0) is 9.59 Å². The molecule has 6 heteroatoms. The van der Waals surface area contributed by atoms with Crippen LogP contribution in [0.2, 0.25) is 10.0 Å². The SMILES string of the molecule is CN(CC(=O)Nc1c(Cl)cccc1Cl)C(=O)/C=C/c1ccccc1. The Bertz CT molecular complexity index is 741. The van der Waals surface area contributed by atoms with Crippen molar-refractivity contribution in [2.24, 2.45) is 0 Å².